The zero-order valence-electron chi connectivity index (χ0n) is 11.9. The van der Waals surface area contributed by atoms with Gasteiger partial charge in [0, 0.05) is 5.56 Å². The first-order chi connectivity index (χ1) is 8.54. The Morgan fingerprint density at radius 3 is 2.28 bits per heavy atom. The quantitative estimate of drug-likeness (QED) is 0.684. The van der Waals surface area contributed by atoms with Gasteiger partial charge in [0.1, 0.15) is 6.61 Å². The predicted molar refractivity (Wildman–Crippen MR) is 75.0 cm³/mol. The summed E-state index contributed by atoms with van der Waals surface area (Å²) in [6, 6.07) is 7.86. The van der Waals surface area contributed by atoms with Crippen LogP contribution in [0.3, 0.4) is 0 Å². The standard InChI is InChI=1S/C16H24O2/c1-5-6-14-7-9-15(10-8-14)16(17)11-18-13(4)12(2)3/h7-10,12-13H,5-6,11H2,1-4H3. The van der Waals surface area contributed by atoms with Crippen molar-refractivity contribution in [2.24, 2.45) is 5.92 Å². The highest BCUT2D eigenvalue weighted by Crippen LogP contribution is 2.10. The molecule has 0 bridgehead atoms. The van der Waals surface area contributed by atoms with E-state index in [9.17, 15) is 4.79 Å². The number of carbonyl (C=O) groups excluding carboxylic acids is 1. The molecule has 0 saturated carbocycles. The lowest BCUT2D eigenvalue weighted by Crippen LogP contribution is -2.20. The van der Waals surface area contributed by atoms with Gasteiger partial charge in [0.25, 0.3) is 0 Å². The highest BCUT2D eigenvalue weighted by atomic mass is 16.5. The van der Waals surface area contributed by atoms with E-state index in [2.05, 4.69) is 20.8 Å². The smallest absolute Gasteiger partial charge is 0.188 e. The molecule has 0 aliphatic rings. The van der Waals surface area contributed by atoms with Crippen molar-refractivity contribution < 1.29 is 9.53 Å². The summed E-state index contributed by atoms with van der Waals surface area (Å²) in [7, 11) is 0. The molecule has 1 aromatic rings. The van der Waals surface area contributed by atoms with Crippen LogP contribution in [0.2, 0.25) is 0 Å². The van der Waals surface area contributed by atoms with Crippen LogP contribution in [0.15, 0.2) is 24.3 Å². The second-order valence-corrected chi connectivity index (χ2v) is 5.13. The minimum absolute atomic E-state index is 0.0607. The molecule has 100 valence electrons. The average Bonchev–Trinajstić information content (AvgIpc) is 2.36. The van der Waals surface area contributed by atoms with Gasteiger partial charge in [0.2, 0.25) is 0 Å². The fourth-order valence-corrected chi connectivity index (χ4v) is 1.63. The number of ketones is 1. The van der Waals surface area contributed by atoms with E-state index in [4.69, 9.17) is 4.74 Å². The van der Waals surface area contributed by atoms with Gasteiger partial charge in [-0.2, -0.15) is 0 Å². The fourth-order valence-electron chi connectivity index (χ4n) is 1.63. The number of Topliss-reactive ketones (excluding diaryl/α,β-unsaturated/α-hetero) is 1. The maximum Gasteiger partial charge on any atom is 0.188 e. The minimum atomic E-state index is 0.0607. The fraction of sp³-hybridized carbons (Fsp3) is 0.562. The Bertz CT molecular complexity index is 365. The first-order valence-electron chi connectivity index (χ1n) is 6.78. The van der Waals surface area contributed by atoms with Gasteiger partial charge in [-0.3, -0.25) is 4.79 Å². The van der Waals surface area contributed by atoms with Crippen LogP contribution < -0.4 is 0 Å². The van der Waals surface area contributed by atoms with Gasteiger partial charge < -0.3 is 4.74 Å². The van der Waals surface area contributed by atoms with E-state index in [1.165, 1.54) is 5.56 Å². The second-order valence-electron chi connectivity index (χ2n) is 5.13. The summed E-state index contributed by atoms with van der Waals surface area (Å²) in [4.78, 5) is 11.9. The van der Waals surface area contributed by atoms with Crippen LogP contribution >= 0.6 is 0 Å². The largest absolute Gasteiger partial charge is 0.370 e. The molecule has 2 heteroatoms. The highest BCUT2D eigenvalue weighted by Gasteiger charge is 2.11. The topological polar surface area (TPSA) is 26.3 Å². The molecule has 2 nitrogen and oxygen atoms in total. The lowest BCUT2D eigenvalue weighted by Gasteiger charge is -2.15. The number of carbonyl (C=O) groups is 1. The number of ether oxygens (including phenoxy) is 1. The molecule has 1 rings (SSSR count). The van der Waals surface area contributed by atoms with Crippen LogP contribution in [0, 0.1) is 5.92 Å². The third-order valence-corrected chi connectivity index (χ3v) is 3.23. The molecule has 0 radical (unpaired) electrons. The van der Waals surface area contributed by atoms with E-state index in [0.717, 1.165) is 18.4 Å². The first-order valence-corrected chi connectivity index (χ1v) is 6.78. The van der Waals surface area contributed by atoms with Crippen LogP contribution in [0.25, 0.3) is 0 Å². The summed E-state index contributed by atoms with van der Waals surface area (Å²) >= 11 is 0. The van der Waals surface area contributed by atoms with Crippen LogP contribution in [-0.2, 0) is 11.2 Å². The molecule has 0 aromatic heterocycles. The van der Waals surface area contributed by atoms with Crippen molar-refractivity contribution in [2.45, 2.75) is 46.6 Å². The summed E-state index contributed by atoms with van der Waals surface area (Å²) in [5.74, 6) is 0.496. The van der Waals surface area contributed by atoms with Crippen LogP contribution in [0.4, 0.5) is 0 Å². The van der Waals surface area contributed by atoms with Gasteiger partial charge in [-0.1, -0.05) is 51.5 Å². The van der Waals surface area contributed by atoms with Crippen LogP contribution in [-0.4, -0.2) is 18.5 Å². The minimum Gasteiger partial charge on any atom is -0.370 e. The van der Waals surface area contributed by atoms with Crippen molar-refractivity contribution in [1.82, 2.24) is 0 Å². The summed E-state index contributed by atoms with van der Waals surface area (Å²) in [6.07, 6.45) is 2.31. The molecular formula is C16H24O2. The Kier molecular flexibility index (Phi) is 6.06. The molecule has 0 aliphatic heterocycles. The van der Waals surface area contributed by atoms with E-state index in [1.54, 1.807) is 0 Å². The Morgan fingerprint density at radius 2 is 1.78 bits per heavy atom. The molecule has 0 fully saturated rings. The van der Waals surface area contributed by atoms with Gasteiger partial charge in [-0.05, 0) is 24.8 Å². The van der Waals surface area contributed by atoms with Crippen LogP contribution in [0.1, 0.15) is 50.0 Å². The average molecular weight is 248 g/mol. The first kappa shape index (κ1) is 14.9. The van der Waals surface area contributed by atoms with Gasteiger partial charge in [0.15, 0.2) is 5.78 Å². The molecule has 0 N–H and O–H groups in total. The number of hydrogen-bond donors (Lipinski definition) is 0. The monoisotopic (exact) mass is 248 g/mol. The van der Waals surface area contributed by atoms with Crippen molar-refractivity contribution in [3.8, 4) is 0 Å². The Balaban J connectivity index is 2.51. The molecular weight excluding hydrogens is 224 g/mol. The highest BCUT2D eigenvalue weighted by molar-refractivity contribution is 5.97. The SMILES string of the molecule is CCCc1ccc(C(=O)COC(C)C(C)C)cc1. The van der Waals surface area contributed by atoms with Gasteiger partial charge in [-0.25, -0.2) is 0 Å². The molecule has 1 aromatic carbocycles. The number of aryl methyl sites for hydroxylation is 1. The number of benzene rings is 1. The lowest BCUT2D eigenvalue weighted by molar-refractivity contribution is 0.0336. The van der Waals surface area contributed by atoms with Crippen molar-refractivity contribution >= 4 is 5.78 Å². The molecule has 0 heterocycles. The molecule has 1 unspecified atom stereocenters. The lowest BCUT2D eigenvalue weighted by atomic mass is 10.1. The van der Waals surface area contributed by atoms with Gasteiger partial charge >= 0.3 is 0 Å². The van der Waals surface area contributed by atoms with Crippen molar-refractivity contribution in [3.05, 3.63) is 35.4 Å². The maximum absolute atomic E-state index is 11.9. The Hall–Kier alpha value is -1.15. The molecule has 18 heavy (non-hydrogen) atoms. The van der Waals surface area contributed by atoms with E-state index in [1.807, 2.05) is 31.2 Å². The van der Waals surface area contributed by atoms with Crippen molar-refractivity contribution in [2.75, 3.05) is 6.61 Å². The van der Waals surface area contributed by atoms with Crippen molar-refractivity contribution in [3.63, 3.8) is 0 Å². The normalized spacial score (nSPS) is 12.7. The van der Waals surface area contributed by atoms with Gasteiger partial charge in [-0.15, -0.1) is 0 Å². The Labute approximate surface area is 110 Å². The molecule has 1 atom stereocenters. The van der Waals surface area contributed by atoms with Crippen molar-refractivity contribution in [1.29, 1.82) is 0 Å². The molecule has 0 saturated heterocycles. The van der Waals surface area contributed by atoms with E-state index in [-0.39, 0.29) is 18.5 Å². The van der Waals surface area contributed by atoms with E-state index >= 15 is 0 Å². The van der Waals surface area contributed by atoms with Crippen LogP contribution in [0.5, 0.6) is 0 Å². The predicted octanol–water partition coefficient (Wildman–Crippen LogP) is 3.88. The van der Waals surface area contributed by atoms with E-state index in [0.29, 0.717) is 5.92 Å². The summed E-state index contributed by atoms with van der Waals surface area (Å²) in [5, 5.41) is 0. The second kappa shape index (κ2) is 7.32. The zero-order valence-corrected chi connectivity index (χ0v) is 11.9. The summed E-state index contributed by atoms with van der Waals surface area (Å²) in [6.45, 7) is 8.51. The Morgan fingerprint density at radius 1 is 1.17 bits per heavy atom. The number of hydrogen-bond acceptors (Lipinski definition) is 2. The van der Waals surface area contributed by atoms with Gasteiger partial charge in [0.05, 0.1) is 6.10 Å². The molecule has 0 amide bonds. The van der Waals surface area contributed by atoms with E-state index < -0.39 is 0 Å². The summed E-state index contributed by atoms with van der Waals surface area (Å²) in [5.41, 5.74) is 2.02. The third kappa shape index (κ3) is 4.61. The zero-order chi connectivity index (χ0) is 13.5. The molecule has 0 aliphatic carbocycles. The molecule has 0 spiro atoms. The number of rotatable bonds is 7. The summed E-state index contributed by atoms with van der Waals surface area (Å²) < 4.78 is 5.55. The third-order valence-electron chi connectivity index (χ3n) is 3.23. The maximum atomic E-state index is 11.9.